The first-order valence-electron chi connectivity index (χ1n) is 10.3. The van der Waals surface area contributed by atoms with Crippen molar-refractivity contribution in [1.82, 2.24) is 0 Å². The average Bonchev–Trinajstić information content (AvgIpc) is 2.78. The van der Waals surface area contributed by atoms with E-state index in [1.165, 1.54) is 12.5 Å². The number of halogens is 1. The van der Waals surface area contributed by atoms with E-state index in [0.717, 1.165) is 19.3 Å². The number of fused-ring (bicyclic) bond motifs is 5. The average molecular weight is 365 g/mol. The molecule has 0 amide bonds. The van der Waals surface area contributed by atoms with Gasteiger partial charge in [0.1, 0.15) is 11.8 Å². The molecule has 2 N–H and O–H groups in total. The first-order chi connectivity index (χ1) is 12.1. The lowest BCUT2D eigenvalue weighted by molar-refractivity contribution is -0.157. The predicted molar refractivity (Wildman–Crippen MR) is 98.2 cm³/mol. The minimum absolute atomic E-state index is 0.0977. The molecule has 3 saturated carbocycles. The summed E-state index contributed by atoms with van der Waals surface area (Å²) in [6, 6.07) is 0. The number of hydrogen-bond acceptors (Lipinski definition) is 3. The maximum atomic E-state index is 15.3. The molecule has 4 unspecified atom stereocenters. The highest BCUT2D eigenvalue weighted by Gasteiger charge is 2.67. The molecule has 26 heavy (non-hydrogen) atoms. The molecule has 4 rings (SSSR count). The molecular formula is C22H33FO3. The number of ketones is 1. The second-order valence-corrected chi connectivity index (χ2v) is 10.2. The molecule has 0 heterocycles. The van der Waals surface area contributed by atoms with Crippen molar-refractivity contribution in [3.05, 3.63) is 11.6 Å². The lowest BCUT2D eigenvalue weighted by Gasteiger charge is -2.58. The van der Waals surface area contributed by atoms with E-state index in [9.17, 15) is 15.0 Å². The van der Waals surface area contributed by atoms with E-state index in [1.54, 1.807) is 0 Å². The van der Waals surface area contributed by atoms with Crippen LogP contribution in [0, 0.1) is 34.5 Å². The molecule has 4 heteroatoms. The van der Waals surface area contributed by atoms with Gasteiger partial charge in [-0.25, -0.2) is 4.39 Å². The highest BCUT2D eigenvalue weighted by atomic mass is 19.1. The Morgan fingerprint density at radius 1 is 1.23 bits per heavy atom. The van der Waals surface area contributed by atoms with Gasteiger partial charge in [-0.3, -0.25) is 4.79 Å². The lowest BCUT2D eigenvalue weighted by atomic mass is 9.47. The summed E-state index contributed by atoms with van der Waals surface area (Å²) in [7, 11) is 0. The lowest BCUT2D eigenvalue weighted by Crippen LogP contribution is -2.57. The van der Waals surface area contributed by atoms with E-state index in [4.69, 9.17) is 0 Å². The summed E-state index contributed by atoms with van der Waals surface area (Å²) in [5.41, 5.74) is -0.663. The minimum Gasteiger partial charge on any atom is -0.393 e. The van der Waals surface area contributed by atoms with Crippen LogP contribution in [0.4, 0.5) is 4.39 Å². The van der Waals surface area contributed by atoms with Crippen molar-refractivity contribution in [2.75, 3.05) is 0 Å². The summed E-state index contributed by atoms with van der Waals surface area (Å²) in [6.45, 7) is 7.71. The molecule has 0 aromatic heterocycles. The van der Waals surface area contributed by atoms with Crippen molar-refractivity contribution in [3.63, 3.8) is 0 Å². The zero-order valence-corrected chi connectivity index (χ0v) is 16.5. The van der Waals surface area contributed by atoms with Gasteiger partial charge in [0.15, 0.2) is 5.78 Å². The molecule has 0 aromatic rings. The number of allylic oxidation sites excluding steroid dienone is 2. The zero-order valence-electron chi connectivity index (χ0n) is 16.5. The number of hydrogen-bond donors (Lipinski definition) is 2. The molecule has 3 nitrogen and oxygen atoms in total. The zero-order chi connectivity index (χ0) is 19.1. The highest BCUT2D eigenvalue weighted by Crippen LogP contribution is 2.67. The van der Waals surface area contributed by atoms with Gasteiger partial charge < -0.3 is 10.2 Å². The molecule has 0 aliphatic heterocycles. The highest BCUT2D eigenvalue weighted by molar-refractivity contribution is 5.86. The summed E-state index contributed by atoms with van der Waals surface area (Å²) in [6.07, 6.45) is 5.00. The molecule has 3 fully saturated rings. The molecule has 0 spiro atoms. The molecule has 146 valence electrons. The Balaban J connectivity index is 1.77. The molecule has 0 saturated heterocycles. The standard InChI is InChI=1S/C22H33FO3/c1-12-9-17-15-11-19(23)18-10-14(25)5-7-20(18,3)16(15)6-8-21(17,4)22(12,26)13(2)24/h6,12,14-15,17-19,25-26H,5,7-11H2,1-4H3/t12?,14?,15-,17+,18?,19?,20-,21+,22+/m1/s1. The smallest absolute Gasteiger partial charge is 0.162 e. The van der Waals surface area contributed by atoms with Gasteiger partial charge in [0.05, 0.1) is 6.10 Å². The molecular weight excluding hydrogens is 331 g/mol. The SMILES string of the molecule is CC(=O)[C@@]1(O)C(C)C[C@H]2[C@@H]3CC(F)C4CC(O)CC[C@]4(C)C3=CC[C@@]21C. The Morgan fingerprint density at radius 2 is 1.92 bits per heavy atom. The van der Waals surface area contributed by atoms with Crippen LogP contribution in [0.25, 0.3) is 0 Å². The van der Waals surface area contributed by atoms with Gasteiger partial charge in [-0.1, -0.05) is 32.4 Å². The summed E-state index contributed by atoms with van der Waals surface area (Å²) >= 11 is 0. The second-order valence-electron chi connectivity index (χ2n) is 10.2. The van der Waals surface area contributed by atoms with Gasteiger partial charge in [0.2, 0.25) is 0 Å². The maximum Gasteiger partial charge on any atom is 0.162 e. The van der Waals surface area contributed by atoms with Crippen LogP contribution in [-0.4, -0.2) is 33.9 Å². The van der Waals surface area contributed by atoms with E-state index in [-0.39, 0.29) is 41.0 Å². The van der Waals surface area contributed by atoms with Crippen molar-refractivity contribution < 1.29 is 19.4 Å². The van der Waals surface area contributed by atoms with Crippen LogP contribution in [0.2, 0.25) is 0 Å². The first-order valence-corrected chi connectivity index (χ1v) is 10.3. The van der Waals surface area contributed by atoms with Crippen LogP contribution in [-0.2, 0) is 4.79 Å². The fraction of sp³-hybridized carbons (Fsp3) is 0.864. The number of rotatable bonds is 1. The van der Waals surface area contributed by atoms with Crippen LogP contribution in [0.3, 0.4) is 0 Å². The quantitative estimate of drug-likeness (QED) is 0.696. The predicted octanol–water partition coefficient (Wildman–Crippen LogP) is 3.82. The van der Waals surface area contributed by atoms with E-state index in [1.807, 2.05) is 13.8 Å². The van der Waals surface area contributed by atoms with Crippen LogP contribution in [0.15, 0.2) is 11.6 Å². The summed E-state index contributed by atoms with van der Waals surface area (Å²) in [5, 5.41) is 21.4. The second kappa shape index (κ2) is 5.64. The summed E-state index contributed by atoms with van der Waals surface area (Å²) < 4.78 is 15.3. The minimum atomic E-state index is -1.31. The maximum absolute atomic E-state index is 15.3. The summed E-state index contributed by atoms with van der Waals surface area (Å²) in [4.78, 5) is 12.4. The monoisotopic (exact) mass is 364 g/mol. The first kappa shape index (κ1) is 18.6. The van der Waals surface area contributed by atoms with Crippen LogP contribution in [0.5, 0.6) is 0 Å². The third-order valence-corrected chi connectivity index (χ3v) is 9.09. The van der Waals surface area contributed by atoms with Crippen molar-refractivity contribution in [1.29, 1.82) is 0 Å². The Morgan fingerprint density at radius 3 is 2.58 bits per heavy atom. The van der Waals surface area contributed by atoms with Crippen LogP contribution < -0.4 is 0 Å². The van der Waals surface area contributed by atoms with Gasteiger partial charge in [-0.2, -0.15) is 0 Å². The Hall–Kier alpha value is -0.740. The Labute approximate surface area is 156 Å². The number of carbonyl (C=O) groups is 1. The van der Waals surface area contributed by atoms with Gasteiger partial charge >= 0.3 is 0 Å². The Kier molecular flexibility index (Phi) is 4.03. The van der Waals surface area contributed by atoms with Crippen molar-refractivity contribution in [3.8, 4) is 0 Å². The molecule has 4 aliphatic carbocycles. The third-order valence-electron chi connectivity index (χ3n) is 9.09. The number of carbonyl (C=O) groups excluding carboxylic acids is 1. The fourth-order valence-corrected chi connectivity index (χ4v) is 7.59. The molecule has 0 aromatic carbocycles. The van der Waals surface area contributed by atoms with Gasteiger partial charge in [0.25, 0.3) is 0 Å². The van der Waals surface area contributed by atoms with Crippen molar-refractivity contribution in [2.24, 2.45) is 34.5 Å². The van der Waals surface area contributed by atoms with Crippen molar-refractivity contribution >= 4 is 5.78 Å². The van der Waals surface area contributed by atoms with E-state index < -0.39 is 17.2 Å². The van der Waals surface area contributed by atoms with Crippen LogP contribution in [0.1, 0.15) is 66.2 Å². The van der Waals surface area contributed by atoms with Crippen LogP contribution >= 0.6 is 0 Å². The number of alkyl halides is 1. The molecule has 4 aliphatic rings. The fourth-order valence-electron chi connectivity index (χ4n) is 7.59. The van der Waals surface area contributed by atoms with Crippen molar-refractivity contribution in [2.45, 2.75) is 84.1 Å². The van der Waals surface area contributed by atoms with E-state index in [0.29, 0.717) is 19.3 Å². The molecule has 9 atom stereocenters. The number of aliphatic hydroxyl groups is 2. The molecule has 0 radical (unpaired) electrons. The van der Waals surface area contributed by atoms with Gasteiger partial charge in [-0.15, -0.1) is 0 Å². The van der Waals surface area contributed by atoms with E-state index in [2.05, 4.69) is 13.0 Å². The van der Waals surface area contributed by atoms with Gasteiger partial charge in [-0.05, 0) is 68.6 Å². The number of Topliss-reactive ketones (excluding diaryl/α,β-unsaturated/α-hetero) is 1. The third kappa shape index (κ3) is 2.09. The Bertz CT molecular complexity index is 660. The van der Waals surface area contributed by atoms with E-state index >= 15 is 4.39 Å². The molecule has 0 bridgehead atoms. The number of aliphatic hydroxyl groups excluding tert-OH is 1. The summed E-state index contributed by atoms with van der Waals surface area (Å²) in [5.74, 6) is -0.0992. The van der Waals surface area contributed by atoms with Gasteiger partial charge in [0, 0.05) is 11.3 Å². The largest absolute Gasteiger partial charge is 0.393 e. The topological polar surface area (TPSA) is 57.5 Å². The normalized spacial score (nSPS) is 56.2.